The lowest BCUT2D eigenvalue weighted by Gasteiger charge is -2.41. The first kappa shape index (κ1) is 15.4. The van der Waals surface area contributed by atoms with Crippen molar-refractivity contribution in [1.82, 2.24) is 10.2 Å². The second-order valence-corrected chi connectivity index (χ2v) is 7.70. The van der Waals surface area contributed by atoms with E-state index in [1.54, 1.807) is 19.2 Å². The Labute approximate surface area is 138 Å². The highest BCUT2D eigenvalue weighted by Gasteiger charge is 2.45. The van der Waals surface area contributed by atoms with Gasteiger partial charge in [0.15, 0.2) is 0 Å². The summed E-state index contributed by atoms with van der Waals surface area (Å²) in [6.07, 6.45) is 6.34. The molecule has 3 aliphatic rings. The number of hydrogen-bond acceptors (Lipinski definition) is 3. The molecule has 126 valence electrons. The van der Waals surface area contributed by atoms with Gasteiger partial charge in [-0.1, -0.05) is 0 Å². The maximum Gasteiger partial charge on any atom is 0.123 e. The van der Waals surface area contributed by atoms with E-state index in [4.69, 9.17) is 4.74 Å². The van der Waals surface area contributed by atoms with Crippen LogP contribution in [0.25, 0.3) is 0 Å². The molecule has 1 aromatic rings. The molecule has 0 radical (unpaired) electrons. The van der Waals surface area contributed by atoms with E-state index < -0.39 is 0 Å². The fraction of sp³-hybridized carbons (Fsp3) is 0.684. The number of piperidine rings is 1. The summed E-state index contributed by atoms with van der Waals surface area (Å²) >= 11 is 0. The van der Waals surface area contributed by atoms with Crippen LogP contribution in [0.5, 0.6) is 5.75 Å². The molecule has 1 aliphatic carbocycles. The molecule has 1 N–H and O–H groups in total. The van der Waals surface area contributed by atoms with Crippen LogP contribution in [0.3, 0.4) is 0 Å². The monoisotopic (exact) mass is 318 g/mol. The molecule has 23 heavy (non-hydrogen) atoms. The third-order valence-corrected chi connectivity index (χ3v) is 6.35. The van der Waals surface area contributed by atoms with Crippen molar-refractivity contribution < 1.29 is 9.13 Å². The van der Waals surface area contributed by atoms with E-state index in [1.807, 2.05) is 0 Å². The topological polar surface area (TPSA) is 24.5 Å². The van der Waals surface area contributed by atoms with Gasteiger partial charge in [-0.15, -0.1) is 0 Å². The van der Waals surface area contributed by atoms with Crippen molar-refractivity contribution in [3.8, 4) is 5.75 Å². The number of nitrogens with zero attached hydrogens (tertiary/aromatic N) is 1. The molecule has 2 aliphatic heterocycles. The summed E-state index contributed by atoms with van der Waals surface area (Å²) in [4.78, 5) is 2.69. The van der Waals surface area contributed by atoms with Crippen LogP contribution in [0.4, 0.5) is 4.39 Å². The van der Waals surface area contributed by atoms with Gasteiger partial charge in [-0.2, -0.15) is 0 Å². The van der Waals surface area contributed by atoms with Gasteiger partial charge in [0.25, 0.3) is 0 Å². The molecule has 1 spiro atoms. The fourth-order valence-corrected chi connectivity index (χ4v) is 4.89. The van der Waals surface area contributed by atoms with Crippen molar-refractivity contribution in [3.63, 3.8) is 0 Å². The molecular weight excluding hydrogens is 291 g/mol. The van der Waals surface area contributed by atoms with Gasteiger partial charge < -0.3 is 15.0 Å². The lowest BCUT2D eigenvalue weighted by Crippen LogP contribution is -2.52. The quantitative estimate of drug-likeness (QED) is 0.926. The van der Waals surface area contributed by atoms with Crippen molar-refractivity contribution in [2.24, 2.45) is 5.41 Å². The van der Waals surface area contributed by atoms with Gasteiger partial charge in [-0.3, -0.25) is 0 Å². The van der Waals surface area contributed by atoms with Crippen LogP contribution in [-0.2, 0) is 0 Å². The standard InChI is InChI=1S/C19H27FN2O/c1-23-18-3-2-15(20)10-17(18)14-5-8-22(9-6-14)16-4-7-19(11-16)12-21-13-19/h2-3,10,14,16,21H,4-9,11-13H2,1H3. The molecule has 2 saturated heterocycles. The minimum Gasteiger partial charge on any atom is -0.496 e. The molecule has 1 aromatic carbocycles. The maximum atomic E-state index is 13.6. The Morgan fingerprint density at radius 3 is 2.61 bits per heavy atom. The van der Waals surface area contributed by atoms with Crippen molar-refractivity contribution in [2.45, 2.75) is 44.1 Å². The van der Waals surface area contributed by atoms with Crippen LogP contribution in [-0.4, -0.2) is 44.2 Å². The van der Waals surface area contributed by atoms with Gasteiger partial charge in [-0.05, 0) is 74.7 Å². The zero-order valence-electron chi connectivity index (χ0n) is 14.0. The number of ether oxygens (including phenoxy) is 1. The van der Waals surface area contributed by atoms with Gasteiger partial charge in [-0.25, -0.2) is 4.39 Å². The molecule has 1 unspecified atom stereocenters. The molecule has 0 aromatic heterocycles. The molecule has 3 fully saturated rings. The second kappa shape index (κ2) is 6.06. The third kappa shape index (κ3) is 2.87. The third-order valence-electron chi connectivity index (χ3n) is 6.35. The number of nitrogens with one attached hydrogen (secondary N) is 1. The Hall–Kier alpha value is -1.13. The fourth-order valence-electron chi connectivity index (χ4n) is 4.89. The zero-order valence-corrected chi connectivity index (χ0v) is 14.0. The molecule has 4 rings (SSSR count). The highest BCUT2D eigenvalue weighted by molar-refractivity contribution is 5.37. The normalized spacial score (nSPS) is 28.0. The summed E-state index contributed by atoms with van der Waals surface area (Å²) in [5.74, 6) is 1.11. The zero-order chi connectivity index (χ0) is 15.9. The van der Waals surface area contributed by atoms with Crippen LogP contribution in [0.15, 0.2) is 18.2 Å². The predicted molar refractivity (Wildman–Crippen MR) is 89.4 cm³/mol. The molecule has 4 heteroatoms. The summed E-state index contributed by atoms with van der Waals surface area (Å²) in [5, 5.41) is 3.45. The van der Waals surface area contributed by atoms with Crippen LogP contribution in [0, 0.1) is 11.2 Å². The molecule has 2 heterocycles. The molecule has 0 amide bonds. The Bertz CT molecular complexity index is 564. The Balaban J connectivity index is 1.39. The van der Waals surface area contributed by atoms with Crippen LogP contribution in [0.2, 0.25) is 0 Å². The van der Waals surface area contributed by atoms with Crippen LogP contribution >= 0.6 is 0 Å². The summed E-state index contributed by atoms with van der Waals surface area (Å²) in [5.41, 5.74) is 1.67. The first-order valence-electron chi connectivity index (χ1n) is 8.97. The Morgan fingerprint density at radius 1 is 1.22 bits per heavy atom. The Kier molecular flexibility index (Phi) is 4.06. The summed E-state index contributed by atoms with van der Waals surface area (Å²) in [6, 6.07) is 5.69. The van der Waals surface area contributed by atoms with E-state index in [9.17, 15) is 4.39 Å². The number of benzene rings is 1. The van der Waals surface area contributed by atoms with Gasteiger partial charge in [0.1, 0.15) is 11.6 Å². The van der Waals surface area contributed by atoms with Gasteiger partial charge in [0, 0.05) is 24.7 Å². The van der Waals surface area contributed by atoms with Crippen LogP contribution < -0.4 is 10.1 Å². The highest BCUT2D eigenvalue weighted by Crippen LogP contribution is 2.44. The highest BCUT2D eigenvalue weighted by atomic mass is 19.1. The number of methoxy groups -OCH3 is 1. The van der Waals surface area contributed by atoms with Gasteiger partial charge in [0.05, 0.1) is 7.11 Å². The van der Waals surface area contributed by atoms with Crippen LogP contribution in [0.1, 0.15) is 43.6 Å². The smallest absolute Gasteiger partial charge is 0.123 e. The maximum absolute atomic E-state index is 13.6. The first-order valence-corrected chi connectivity index (χ1v) is 8.97. The average molecular weight is 318 g/mol. The molecular formula is C19H27FN2O. The largest absolute Gasteiger partial charge is 0.496 e. The van der Waals surface area contributed by atoms with Crippen molar-refractivity contribution in [3.05, 3.63) is 29.6 Å². The number of halogens is 1. The SMILES string of the molecule is COc1ccc(F)cc1C1CCN(C2CCC3(CNC3)C2)CC1. The van der Waals surface area contributed by atoms with E-state index in [0.717, 1.165) is 43.3 Å². The van der Waals surface area contributed by atoms with Gasteiger partial charge >= 0.3 is 0 Å². The number of hydrogen-bond donors (Lipinski definition) is 1. The van der Waals surface area contributed by atoms with E-state index in [0.29, 0.717) is 11.3 Å². The first-order chi connectivity index (χ1) is 11.2. The minimum atomic E-state index is -0.154. The lowest BCUT2D eigenvalue weighted by molar-refractivity contribution is 0.120. The molecule has 1 atom stereocenters. The number of likely N-dealkylation sites (tertiary alicyclic amines) is 1. The van der Waals surface area contributed by atoms with E-state index in [1.165, 1.54) is 38.4 Å². The molecule has 0 bridgehead atoms. The van der Waals surface area contributed by atoms with E-state index >= 15 is 0 Å². The summed E-state index contributed by atoms with van der Waals surface area (Å²) in [7, 11) is 1.68. The second-order valence-electron chi connectivity index (χ2n) is 7.70. The molecule has 3 nitrogen and oxygen atoms in total. The predicted octanol–water partition coefficient (Wildman–Crippen LogP) is 3.16. The van der Waals surface area contributed by atoms with Crippen molar-refractivity contribution in [2.75, 3.05) is 33.3 Å². The van der Waals surface area contributed by atoms with E-state index in [-0.39, 0.29) is 5.82 Å². The lowest BCUT2D eigenvalue weighted by atomic mass is 9.80. The summed E-state index contributed by atoms with van der Waals surface area (Å²) < 4.78 is 19.1. The molecule has 1 saturated carbocycles. The minimum absolute atomic E-state index is 0.154. The van der Waals surface area contributed by atoms with Crippen molar-refractivity contribution >= 4 is 0 Å². The average Bonchev–Trinajstić information content (AvgIpc) is 3.01. The number of rotatable bonds is 3. The van der Waals surface area contributed by atoms with E-state index in [2.05, 4.69) is 10.2 Å². The summed E-state index contributed by atoms with van der Waals surface area (Å²) in [6.45, 7) is 4.72. The Morgan fingerprint density at radius 2 is 2.00 bits per heavy atom. The van der Waals surface area contributed by atoms with Gasteiger partial charge in [0.2, 0.25) is 0 Å². The van der Waals surface area contributed by atoms with Crippen molar-refractivity contribution in [1.29, 1.82) is 0 Å².